The second kappa shape index (κ2) is 10.1. The first kappa shape index (κ1) is 23.2. The summed E-state index contributed by atoms with van der Waals surface area (Å²) in [6.45, 7) is 0. The quantitative estimate of drug-likeness (QED) is 0.152. The van der Waals surface area contributed by atoms with E-state index in [1.165, 1.54) is 19.3 Å². The predicted molar refractivity (Wildman–Crippen MR) is 152 cm³/mol. The first-order valence-electron chi connectivity index (χ1n) is 12.7. The maximum atomic E-state index is 6.52. The lowest BCUT2D eigenvalue weighted by Gasteiger charge is -2.37. The summed E-state index contributed by atoms with van der Waals surface area (Å²) in [5.74, 6) is 0.693. The zero-order valence-electron chi connectivity index (χ0n) is 20.1. The highest BCUT2D eigenvalue weighted by Crippen LogP contribution is 2.44. The predicted octanol–water partition coefficient (Wildman–Crippen LogP) is 7.59. The molecule has 5 heteroatoms. The van der Waals surface area contributed by atoms with Crippen LogP contribution in [0.25, 0.3) is 10.9 Å². The van der Waals surface area contributed by atoms with Crippen LogP contribution in [0.15, 0.2) is 103 Å². The summed E-state index contributed by atoms with van der Waals surface area (Å²) in [6, 6.07) is 34.1. The second-order valence-electron chi connectivity index (χ2n) is 9.40. The van der Waals surface area contributed by atoms with Gasteiger partial charge in [0.1, 0.15) is 15.3 Å². The molecule has 5 aromatic rings. The smallest absolute Gasteiger partial charge is 0.225 e. The summed E-state index contributed by atoms with van der Waals surface area (Å²) in [7, 11) is 0. The number of halogens is 1. The van der Waals surface area contributed by atoms with Crippen molar-refractivity contribution < 1.29 is 4.74 Å². The monoisotopic (exact) mass is 585 g/mol. The van der Waals surface area contributed by atoms with Gasteiger partial charge in [0.2, 0.25) is 5.88 Å². The zero-order valence-corrected chi connectivity index (χ0v) is 22.2. The molecular weight excluding hydrogens is 557 g/mol. The number of nitrogens with zero attached hydrogens (tertiary/aromatic N) is 3. The number of pyridine rings is 1. The Balaban J connectivity index is 1.65. The van der Waals surface area contributed by atoms with Crippen LogP contribution in [-0.4, -0.2) is 20.9 Å². The van der Waals surface area contributed by atoms with Crippen LogP contribution in [0.3, 0.4) is 0 Å². The lowest BCUT2D eigenvalue weighted by Crippen LogP contribution is -2.38. The fourth-order valence-corrected chi connectivity index (χ4v) is 6.31. The third-order valence-electron chi connectivity index (χ3n) is 7.24. The van der Waals surface area contributed by atoms with E-state index in [1.54, 1.807) is 0 Å². The van der Waals surface area contributed by atoms with E-state index in [2.05, 4.69) is 124 Å². The maximum absolute atomic E-state index is 6.52. The van der Waals surface area contributed by atoms with Crippen LogP contribution in [0, 0.1) is 3.70 Å². The van der Waals surface area contributed by atoms with E-state index in [0.717, 1.165) is 44.1 Å². The Labute approximate surface area is 225 Å². The van der Waals surface area contributed by atoms with Crippen molar-refractivity contribution in [2.75, 3.05) is 0 Å². The van der Waals surface area contributed by atoms with Crippen molar-refractivity contribution in [3.8, 4) is 5.88 Å². The molecule has 1 saturated carbocycles. The highest BCUT2D eigenvalue weighted by atomic mass is 127. The van der Waals surface area contributed by atoms with Gasteiger partial charge in [-0.25, -0.2) is 9.67 Å². The minimum atomic E-state index is -0.672. The first-order valence-corrected chi connectivity index (χ1v) is 13.7. The van der Waals surface area contributed by atoms with Gasteiger partial charge in [0.15, 0.2) is 0 Å². The number of aromatic nitrogens is 3. The molecule has 0 radical (unpaired) electrons. The summed E-state index contributed by atoms with van der Waals surface area (Å²) in [5, 5.41) is 6.21. The Bertz CT molecular complexity index is 1350. The molecule has 0 amide bonds. The van der Waals surface area contributed by atoms with Crippen molar-refractivity contribution >= 4 is 33.5 Å². The molecule has 3 aromatic carbocycles. The van der Waals surface area contributed by atoms with Crippen molar-refractivity contribution in [2.24, 2.45) is 0 Å². The summed E-state index contributed by atoms with van der Waals surface area (Å²) in [5.41, 5.74) is 3.78. The van der Waals surface area contributed by atoms with Crippen LogP contribution in [0.1, 0.15) is 48.8 Å². The van der Waals surface area contributed by atoms with E-state index in [-0.39, 0.29) is 6.10 Å². The standard InChI is InChI=1S/C31H28IN3O/c32-29-28-27(21-22-33-30(28)36-26-19-11-4-12-20-26)35(34-29)31(23-13-5-1-6-14-23,24-15-7-2-8-16-24)25-17-9-3-10-18-25/h1-3,5-10,13-18,21-22,26H,4,11-12,19-20H2. The maximum Gasteiger partial charge on any atom is 0.225 e. The SMILES string of the molecule is Ic1nn(C(c2ccccc2)(c2ccccc2)c2ccccc2)c2ccnc(OC3CCCCC3)c12. The van der Waals surface area contributed by atoms with Crippen molar-refractivity contribution in [3.05, 3.63) is 124 Å². The van der Waals surface area contributed by atoms with Crippen LogP contribution in [0.5, 0.6) is 5.88 Å². The first-order chi connectivity index (χ1) is 17.8. The average molecular weight is 585 g/mol. The third kappa shape index (κ3) is 3.99. The number of rotatable bonds is 6. The van der Waals surface area contributed by atoms with Gasteiger partial charge in [0.25, 0.3) is 0 Å². The molecular formula is C31H28IN3O. The molecule has 180 valence electrons. The topological polar surface area (TPSA) is 39.9 Å². The van der Waals surface area contributed by atoms with Gasteiger partial charge in [0.05, 0.1) is 10.9 Å². The highest BCUT2D eigenvalue weighted by molar-refractivity contribution is 14.1. The van der Waals surface area contributed by atoms with Crippen molar-refractivity contribution in [1.29, 1.82) is 0 Å². The van der Waals surface area contributed by atoms with Crippen LogP contribution < -0.4 is 4.74 Å². The number of benzene rings is 3. The molecule has 0 unspecified atom stereocenters. The second-order valence-corrected chi connectivity index (χ2v) is 10.4. The van der Waals surface area contributed by atoms with Crippen LogP contribution in [0.2, 0.25) is 0 Å². The highest BCUT2D eigenvalue weighted by Gasteiger charge is 2.41. The van der Waals surface area contributed by atoms with Gasteiger partial charge in [0, 0.05) is 6.20 Å². The molecule has 0 saturated heterocycles. The molecule has 4 nitrogen and oxygen atoms in total. The Morgan fingerprint density at radius 2 is 1.25 bits per heavy atom. The van der Waals surface area contributed by atoms with Gasteiger partial charge in [-0.2, -0.15) is 5.10 Å². The van der Waals surface area contributed by atoms with Gasteiger partial charge < -0.3 is 4.74 Å². The summed E-state index contributed by atoms with van der Waals surface area (Å²) in [4.78, 5) is 4.70. The van der Waals surface area contributed by atoms with E-state index >= 15 is 0 Å². The van der Waals surface area contributed by atoms with Gasteiger partial charge in [-0.1, -0.05) is 97.4 Å². The Kier molecular flexibility index (Phi) is 6.48. The molecule has 0 spiro atoms. The summed E-state index contributed by atoms with van der Waals surface area (Å²) < 4.78 is 9.60. The molecule has 2 heterocycles. The molecule has 0 aliphatic heterocycles. The van der Waals surface area contributed by atoms with Crippen molar-refractivity contribution in [3.63, 3.8) is 0 Å². The van der Waals surface area contributed by atoms with Gasteiger partial charge >= 0.3 is 0 Å². The van der Waals surface area contributed by atoms with E-state index in [1.807, 2.05) is 6.20 Å². The Morgan fingerprint density at radius 3 is 1.78 bits per heavy atom. The van der Waals surface area contributed by atoms with Gasteiger partial charge in [-0.3, -0.25) is 0 Å². The van der Waals surface area contributed by atoms with E-state index < -0.39 is 5.54 Å². The normalized spacial score (nSPS) is 14.7. The van der Waals surface area contributed by atoms with Gasteiger partial charge in [-0.05, 0) is 71.0 Å². The number of hydrogen-bond donors (Lipinski definition) is 0. The largest absolute Gasteiger partial charge is 0.474 e. The average Bonchev–Trinajstić information content (AvgIpc) is 3.29. The van der Waals surface area contributed by atoms with Crippen LogP contribution >= 0.6 is 22.6 Å². The number of fused-ring (bicyclic) bond motifs is 1. The molecule has 1 aliphatic rings. The fraction of sp³-hybridized carbons (Fsp3) is 0.226. The van der Waals surface area contributed by atoms with Crippen LogP contribution in [0.4, 0.5) is 0 Å². The van der Waals surface area contributed by atoms with Crippen LogP contribution in [-0.2, 0) is 5.54 Å². The molecule has 1 aliphatic carbocycles. The lowest BCUT2D eigenvalue weighted by atomic mass is 9.77. The van der Waals surface area contributed by atoms with E-state index in [9.17, 15) is 0 Å². The number of hydrogen-bond acceptors (Lipinski definition) is 3. The van der Waals surface area contributed by atoms with E-state index in [4.69, 9.17) is 14.8 Å². The van der Waals surface area contributed by atoms with Crippen molar-refractivity contribution in [2.45, 2.75) is 43.7 Å². The molecule has 0 atom stereocenters. The molecule has 6 rings (SSSR count). The molecule has 0 bridgehead atoms. The van der Waals surface area contributed by atoms with Gasteiger partial charge in [-0.15, -0.1) is 0 Å². The molecule has 1 fully saturated rings. The minimum Gasteiger partial charge on any atom is -0.474 e. The van der Waals surface area contributed by atoms with E-state index in [0.29, 0.717) is 5.88 Å². The fourth-order valence-electron chi connectivity index (χ4n) is 5.59. The summed E-state index contributed by atoms with van der Waals surface area (Å²) >= 11 is 2.34. The molecule has 0 N–H and O–H groups in total. The van der Waals surface area contributed by atoms with Crippen molar-refractivity contribution in [1.82, 2.24) is 14.8 Å². The Hall–Kier alpha value is -3.19. The Morgan fingerprint density at radius 1 is 0.722 bits per heavy atom. The third-order valence-corrected chi connectivity index (χ3v) is 7.99. The summed E-state index contributed by atoms with van der Waals surface area (Å²) in [6.07, 6.45) is 7.99. The molecule has 36 heavy (non-hydrogen) atoms. The lowest BCUT2D eigenvalue weighted by molar-refractivity contribution is 0.151. The molecule has 2 aromatic heterocycles. The number of ether oxygens (including phenoxy) is 1. The minimum absolute atomic E-state index is 0.220. The zero-order chi connectivity index (χ0) is 24.4.